The smallest absolute Gasteiger partial charge is 0.410 e. The van der Waals surface area contributed by atoms with Crippen LogP contribution in [0, 0.1) is 0 Å². The average molecular weight is 240 g/mol. The van der Waals surface area contributed by atoms with E-state index in [9.17, 15) is 4.79 Å². The van der Waals surface area contributed by atoms with E-state index in [1.807, 2.05) is 25.7 Å². The Bertz CT molecular complexity index is 282. The number of hydrogen-bond donors (Lipinski definition) is 1. The molecule has 1 aliphatic heterocycles. The van der Waals surface area contributed by atoms with E-state index >= 15 is 0 Å². The summed E-state index contributed by atoms with van der Waals surface area (Å²) in [5.74, 6) is 0. The number of ether oxygens (including phenoxy) is 1. The maximum absolute atomic E-state index is 11.9. The van der Waals surface area contributed by atoms with Crippen LogP contribution < -0.4 is 5.32 Å². The first-order valence-electron chi connectivity index (χ1n) is 6.68. The minimum atomic E-state index is -0.395. The van der Waals surface area contributed by atoms with Gasteiger partial charge >= 0.3 is 6.09 Å². The molecule has 1 heterocycles. The third-order valence-electron chi connectivity index (χ3n) is 3.12. The number of carbonyl (C=O) groups excluding carboxylic acids is 1. The van der Waals surface area contributed by atoms with E-state index in [1.165, 1.54) is 19.3 Å². The number of piperidine rings is 1. The van der Waals surface area contributed by atoms with E-state index in [4.69, 9.17) is 4.74 Å². The molecule has 98 valence electrons. The van der Waals surface area contributed by atoms with Gasteiger partial charge in [0.2, 0.25) is 0 Å². The van der Waals surface area contributed by atoms with Gasteiger partial charge in [-0.3, -0.25) is 0 Å². The van der Waals surface area contributed by atoms with E-state index in [0.717, 1.165) is 19.5 Å². The lowest BCUT2D eigenvalue weighted by atomic mass is 10.1. The summed E-state index contributed by atoms with van der Waals surface area (Å²) in [7, 11) is 0. The zero-order valence-corrected chi connectivity index (χ0v) is 11.2. The van der Waals surface area contributed by atoms with Gasteiger partial charge in [-0.15, -0.1) is 0 Å². The first kappa shape index (κ1) is 12.7. The molecule has 4 heteroatoms. The van der Waals surface area contributed by atoms with E-state index in [1.54, 1.807) is 0 Å². The molecule has 1 atom stereocenters. The summed E-state index contributed by atoms with van der Waals surface area (Å²) in [6, 6.07) is 1.17. The van der Waals surface area contributed by atoms with Gasteiger partial charge in [0.15, 0.2) is 0 Å². The van der Waals surface area contributed by atoms with E-state index in [-0.39, 0.29) is 6.09 Å². The number of likely N-dealkylation sites (tertiary alicyclic amines) is 1. The van der Waals surface area contributed by atoms with Crippen LogP contribution in [0.25, 0.3) is 0 Å². The van der Waals surface area contributed by atoms with Crippen molar-refractivity contribution in [3.05, 3.63) is 0 Å². The van der Waals surface area contributed by atoms with Crippen molar-refractivity contribution in [1.82, 2.24) is 10.2 Å². The van der Waals surface area contributed by atoms with Gasteiger partial charge < -0.3 is 15.0 Å². The molecular weight excluding hydrogens is 216 g/mol. The monoisotopic (exact) mass is 240 g/mol. The number of amides is 1. The molecule has 1 aliphatic carbocycles. The molecule has 0 aromatic rings. The first-order chi connectivity index (χ1) is 7.94. The van der Waals surface area contributed by atoms with Gasteiger partial charge in [-0.2, -0.15) is 0 Å². The number of rotatable bonds is 2. The van der Waals surface area contributed by atoms with Crippen LogP contribution in [-0.2, 0) is 4.74 Å². The molecule has 0 spiro atoms. The molecule has 17 heavy (non-hydrogen) atoms. The summed E-state index contributed by atoms with van der Waals surface area (Å²) < 4.78 is 5.41. The number of carbonyl (C=O) groups is 1. The SMILES string of the molecule is CC(C)(C)OC(=O)N1CCCC(NC2CC2)C1. The molecule has 0 radical (unpaired) electrons. The minimum Gasteiger partial charge on any atom is -0.444 e. The van der Waals surface area contributed by atoms with Crippen LogP contribution in [0.1, 0.15) is 46.5 Å². The Morgan fingerprint density at radius 1 is 1.24 bits per heavy atom. The van der Waals surface area contributed by atoms with Crippen molar-refractivity contribution in [3.63, 3.8) is 0 Å². The average Bonchev–Trinajstić information content (AvgIpc) is 2.99. The van der Waals surface area contributed by atoms with Gasteiger partial charge in [-0.25, -0.2) is 4.79 Å². The van der Waals surface area contributed by atoms with E-state index in [2.05, 4.69) is 5.32 Å². The Balaban J connectivity index is 1.81. The summed E-state index contributed by atoms with van der Waals surface area (Å²) in [6.45, 7) is 7.36. The van der Waals surface area contributed by atoms with Crippen LogP contribution in [0.4, 0.5) is 4.79 Å². The van der Waals surface area contributed by atoms with Crippen LogP contribution in [0.3, 0.4) is 0 Å². The highest BCUT2D eigenvalue weighted by atomic mass is 16.6. The van der Waals surface area contributed by atoms with Gasteiger partial charge in [-0.05, 0) is 46.5 Å². The predicted molar refractivity (Wildman–Crippen MR) is 67.0 cm³/mol. The maximum Gasteiger partial charge on any atom is 0.410 e. The third kappa shape index (κ3) is 4.19. The molecule has 4 nitrogen and oxygen atoms in total. The Kier molecular flexibility index (Phi) is 3.61. The maximum atomic E-state index is 11.9. The summed E-state index contributed by atoms with van der Waals surface area (Å²) in [4.78, 5) is 13.8. The van der Waals surface area contributed by atoms with E-state index in [0.29, 0.717) is 12.1 Å². The normalized spacial score (nSPS) is 25.8. The van der Waals surface area contributed by atoms with Crippen LogP contribution in [0.2, 0.25) is 0 Å². The summed E-state index contributed by atoms with van der Waals surface area (Å²) in [6.07, 6.45) is 4.67. The Hall–Kier alpha value is -0.770. The van der Waals surface area contributed by atoms with Gasteiger partial charge in [0.1, 0.15) is 5.60 Å². The van der Waals surface area contributed by atoms with Crippen molar-refractivity contribution in [1.29, 1.82) is 0 Å². The van der Waals surface area contributed by atoms with Crippen molar-refractivity contribution in [2.45, 2.75) is 64.1 Å². The lowest BCUT2D eigenvalue weighted by Crippen LogP contribution is -2.49. The van der Waals surface area contributed by atoms with E-state index < -0.39 is 5.60 Å². The molecular formula is C13H24N2O2. The number of hydrogen-bond acceptors (Lipinski definition) is 3. The molecule has 1 unspecified atom stereocenters. The Labute approximate surface area is 104 Å². The third-order valence-corrected chi connectivity index (χ3v) is 3.12. The predicted octanol–water partition coefficient (Wildman–Crippen LogP) is 2.14. The number of nitrogens with zero attached hydrogens (tertiary/aromatic N) is 1. The molecule has 0 bridgehead atoms. The second-order valence-corrected chi connectivity index (χ2v) is 6.21. The van der Waals surface area contributed by atoms with Crippen molar-refractivity contribution >= 4 is 6.09 Å². The first-order valence-corrected chi connectivity index (χ1v) is 6.68. The highest BCUT2D eigenvalue weighted by molar-refractivity contribution is 5.68. The highest BCUT2D eigenvalue weighted by Crippen LogP contribution is 2.22. The van der Waals surface area contributed by atoms with Crippen molar-refractivity contribution in [2.24, 2.45) is 0 Å². The van der Waals surface area contributed by atoms with Crippen molar-refractivity contribution in [2.75, 3.05) is 13.1 Å². The van der Waals surface area contributed by atoms with Crippen LogP contribution in [-0.4, -0.2) is 41.8 Å². The Morgan fingerprint density at radius 2 is 1.94 bits per heavy atom. The fourth-order valence-electron chi connectivity index (χ4n) is 2.19. The fraction of sp³-hybridized carbons (Fsp3) is 0.923. The lowest BCUT2D eigenvalue weighted by molar-refractivity contribution is 0.0187. The Morgan fingerprint density at radius 3 is 2.53 bits per heavy atom. The standard InChI is InChI=1S/C13H24N2O2/c1-13(2,3)17-12(16)15-8-4-5-11(9-15)14-10-6-7-10/h10-11,14H,4-9H2,1-3H3. The molecule has 2 fully saturated rings. The van der Waals surface area contributed by atoms with Gasteiger partial charge in [-0.1, -0.05) is 0 Å². The summed E-state index contributed by atoms with van der Waals surface area (Å²) >= 11 is 0. The summed E-state index contributed by atoms with van der Waals surface area (Å²) in [5, 5.41) is 3.59. The molecule has 2 rings (SSSR count). The lowest BCUT2D eigenvalue weighted by Gasteiger charge is -2.34. The molecule has 1 saturated carbocycles. The van der Waals surface area contributed by atoms with Crippen LogP contribution in [0.5, 0.6) is 0 Å². The van der Waals surface area contributed by atoms with Gasteiger partial charge in [0.25, 0.3) is 0 Å². The number of nitrogens with one attached hydrogen (secondary N) is 1. The molecule has 1 N–H and O–H groups in total. The second-order valence-electron chi connectivity index (χ2n) is 6.21. The molecule has 0 aromatic heterocycles. The van der Waals surface area contributed by atoms with Crippen molar-refractivity contribution < 1.29 is 9.53 Å². The highest BCUT2D eigenvalue weighted by Gasteiger charge is 2.30. The van der Waals surface area contributed by atoms with Crippen LogP contribution >= 0.6 is 0 Å². The quantitative estimate of drug-likeness (QED) is 0.804. The minimum absolute atomic E-state index is 0.167. The topological polar surface area (TPSA) is 41.6 Å². The van der Waals surface area contributed by atoms with Gasteiger partial charge in [0.05, 0.1) is 0 Å². The largest absolute Gasteiger partial charge is 0.444 e. The van der Waals surface area contributed by atoms with Gasteiger partial charge in [0, 0.05) is 25.2 Å². The zero-order chi connectivity index (χ0) is 12.5. The zero-order valence-electron chi connectivity index (χ0n) is 11.2. The fourth-order valence-corrected chi connectivity index (χ4v) is 2.19. The van der Waals surface area contributed by atoms with Crippen LogP contribution in [0.15, 0.2) is 0 Å². The second kappa shape index (κ2) is 4.84. The molecule has 1 saturated heterocycles. The molecule has 2 aliphatic rings. The summed E-state index contributed by atoms with van der Waals surface area (Å²) in [5.41, 5.74) is -0.395. The molecule has 0 aromatic carbocycles. The molecule has 1 amide bonds. The van der Waals surface area contributed by atoms with Crippen molar-refractivity contribution in [3.8, 4) is 0 Å².